The second kappa shape index (κ2) is 4.89. The first-order valence-corrected chi connectivity index (χ1v) is 6.55. The van der Waals surface area contributed by atoms with Crippen molar-refractivity contribution in [2.24, 2.45) is 0 Å². The van der Waals surface area contributed by atoms with Crippen LogP contribution < -0.4 is 5.73 Å². The summed E-state index contributed by atoms with van der Waals surface area (Å²) < 4.78 is 6.92. The first-order valence-electron chi connectivity index (χ1n) is 6.55. The maximum absolute atomic E-state index is 10.6. The minimum absolute atomic E-state index is 0.0177. The third-order valence-electron chi connectivity index (χ3n) is 3.72. The van der Waals surface area contributed by atoms with Crippen molar-refractivity contribution in [3.63, 3.8) is 0 Å². The van der Waals surface area contributed by atoms with Gasteiger partial charge in [-0.1, -0.05) is 5.92 Å². The van der Waals surface area contributed by atoms with Crippen LogP contribution in [0.4, 0.5) is 5.95 Å². The Morgan fingerprint density at radius 3 is 2.91 bits per heavy atom. The number of rotatable bonds is 2. The standard InChI is InChI=1S/C13H15N5O4/c1-3-13(21)9(20)8(6(2)19)22-11(13)18-5-16-7-4-15-12(14)17-10(7)18/h1,4-6,8-9,11,19-21H,2H3,(H2,14,15,17)/t6-,8-,9?,11-,13?/m1/s1. The Bertz CT molecular complexity index is 754. The number of anilines is 1. The lowest BCUT2D eigenvalue weighted by Gasteiger charge is -2.26. The van der Waals surface area contributed by atoms with Crippen LogP contribution in [-0.4, -0.2) is 58.8 Å². The predicted octanol–water partition coefficient (Wildman–Crippen LogP) is -1.59. The molecule has 9 nitrogen and oxygen atoms in total. The number of ether oxygens (including phenoxy) is 1. The zero-order chi connectivity index (χ0) is 16.1. The lowest BCUT2D eigenvalue weighted by atomic mass is 9.93. The van der Waals surface area contributed by atoms with Crippen molar-refractivity contribution in [2.75, 3.05) is 5.73 Å². The van der Waals surface area contributed by atoms with Gasteiger partial charge in [-0.2, -0.15) is 4.98 Å². The zero-order valence-electron chi connectivity index (χ0n) is 11.7. The number of nitrogens with two attached hydrogens (primary N) is 1. The first-order chi connectivity index (χ1) is 10.4. The maximum Gasteiger partial charge on any atom is 0.222 e. The Kier molecular flexibility index (Phi) is 3.26. The molecule has 2 unspecified atom stereocenters. The highest BCUT2D eigenvalue weighted by atomic mass is 16.6. The van der Waals surface area contributed by atoms with Crippen molar-refractivity contribution in [3.05, 3.63) is 12.5 Å². The lowest BCUT2D eigenvalue weighted by Crippen LogP contribution is -2.47. The number of terminal acetylenes is 1. The van der Waals surface area contributed by atoms with E-state index in [0.29, 0.717) is 11.2 Å². The van der Waals surface area contributed by atoms with Crippen molar-refractivity contribution < 1.29 is 20.1 Å². The Morgan fingerprint density at radius 2 is 2.27 bits per heavy atom. The van der Waals surface area contributed by atoms with E-state index < -0.39 is 30.1 Å². The minimum atomic E-state index is -2.05. The van der Waals surface area contributed by atoms with E-state index in [0.717, 1.165) is 0 Å². The molecule has 0 radical (unpaired) electrons. The molecule has 5 atom stereocenters. The van der Waals surface area contributed by atoms with Crippen LogP contribution in [0, 0.1) is 12.3 Å². The molecule has 0 aromatic carbocycles. The van der Waals surface area contributed by atoms with Crippen LogP contribution >= 0.6 is 0 Å². The molecule has 5 N–H and O–H groups in total. The molecule has 2 aromatic heterocycles. The van der Waals surface area contributed by atoms with E-state index in [1.54, 1.807) is 0 Å². The average molecular weight is 305 g/mol. The Morgan fingerprint density at radius 1 is 1.55 bits per heavy atom. The number of hydrogen-bond acceptors (Lipinski definition) is 8. The van der Waals surface area contributed by atoms with E-state index in [1.165, 1.54) is 24.0 Å². The second-order valence-corrected chi connectivity index (χ2v) is 5.20. The molecule has 1 fully saturated rings. The van der Waals surface area contributed by atoms with Crippen molar-refractivity contribution in [2.45, 2.75) is 37.1 Å². The average Bonchev–Trinajstić information content (AvgIpc) is 2.99. The topological polar surface area (TPSA) is 140 Å². The molecule has 116 valence electrons. The van der Waals surface area contributed by atoms with Gasteiger partial charge < -0.3 is 25.8 Å². The zero-order valence-corrected chi connectivity index (χ0v) is 11.7. The van der Waals surface area contributed by atoms with Crippen LogP contribution in [0.2, 0.25) is 0 Å². The SMILES string of the molecule is C#CC1(O)C(O)[C@@H]([C@@H](C)O)O[C@H]1n1cnc2cnc(N)nc21. The van der Waals surface area contributed by atoms with Crippen molar-refractivity contribution >= 4 is 17.1 Å². The van der Waals surface area contributed by atoms with Gasteiger partial charge in [-0.05, 0) is 6.92 Å². The predicted molar refractivity (Wildman–Crippen MR) is 75.1 cm³/mol. The third kappa shape index (κ3) is 1.93. The number of imidazole rings is 1. The number of aromatic nitrogens is 4. The molecule has 0 saturated carbocycles. The van der Waals surface area contributed by atoms with Crippen LogP contribution in [-0.2, 0) is 4.74 Å². The molecule has 0 amide bonds. The minimum Gasteiger partial charge on any atom is -0.391 e. The lowest BCUT2D eigenvalue weighted by molar-refractivity contribution is -0.0846. The molecule has 3 rings (SSSR count). The summed E-state index contributed by atoms with van der Waals surface area (Å²) in [5, 5.41) is 30.5. The summed E-state index contributed by atoms with van der Waals surface area (Å²) in [5.74, 6) is 2.16. The Hall–Kier alpha value is -2.25. The maximum atomic E-state index is 10.6. The van der Waals surface area contributed by atoms with E-state index in [-0.39, 0.29) is 5.95 Å². The van der Waals surface area contributed by atoms with Gasteiger partial charge in [-0.25, -0.2) is 9.97 Å². The Balaban J connectivity index is 2.13. The van der Waals surface area contributed by atoms with Crippen molar-refractivity contribution in [3.8, 4) is 12.3 Å². The van der Waals surface area contributed by atoms with Crippen LogP contribution in [0.1, 0.15) is 13.2 Å². The molecular weight excluding hydrogens is 290 g/mol. The van der Waals surface area contributed by atoms with Crippen LogP contribution in [0.15, 0.2) is 12.5 Å². The molecule has 0 spiro atoms. The van der Waals surface area contributed by atoms with Gasteiger partial charge in [0.05, 0.1) is 18.6 Å². The number of aliphatic hydroxyl groups excluding tert-OH is 2. The summed E-state index contributed by atoms with van der Waals surface area (Å²) in [7, 11) is 0. The van der Waals surface area contributed by atoms with E-state index in [9.17, 15) is 15.3 Å². The summed E-state index contributed by atoms with van der Waals surface area (Å²) >= 11 is 0. The normalized spacial score (nSPS) is 33.0. The monoisotopic (exact) mass is 305 g/mol. The van der Waals surface area contributed by atoms with Crippen LogP contribution in [0.25, 0.3) is 11.2 Å². The smallest absolute Gasteiger partial charge is 0.222 e. The Labute approximate surface area is 125 Å². The number of nitrogen functional groups attached to an aromatic ring is 1. The van der Waals surface area contributed by atoms with E-state index in [1.807, 2.05) is 0 Å². The second-order valence-electron chi connectivity index (χ2n) is 5.20. The molecule has 2 aromatic rings. The fourth-order valence-electron chi connectivity index (χ4n) is 2.55. The van der Waals surface area contributed by atoms with Gasteiger partial charge in [-0.3, -0.25) is 4.57 Å². The van der Waals surface area contributed by atoms with Crippen molar-refractivity contribution in [1.29, 1.82) is 0 Å². The number of fused-ring (bicyclic) bond motifs is 1. The van der Waals surface area contributed by atoms with Crippen LogP contribution in [0.5, 0.6) is 0 Å². The number of aliphatic hydroxyl groups is 3. The summed E-state index contributed by atoms with van der Waals surface area (Å²) in [4.78, 5) is 11.9. The molecule has 3 heterocycles. The van der Waals surface area contributed by atoms with E-state index >= 15 is 0 Å². The molecule has 1 aliphatic rings. The quantitative estimate of drug-likeness (QED) is 0.487. The molecule has 0 aliphatic carbocycles. The molecule has 1 aliphatic heterocycles. The number of hydrogen-bond donors (Lipinski definition) is 4. The van der Waals surface area contributed by atoms with Gasteiger partial charge >= 0.3 is 0 Å². The van der Waals surface area contributed by atoms with Gasteiger partial charge in [0.15, 0.2) is 17.5 Å². The van der Waals surface area contributed by atoms with Crippen molar-refractivity contribution in [1.82, 2.24) is 19.5 Å². The summed E-state index contributed by atoms with van der Waals surface area (Å²) in [6, 6.07) is 0. The molecule has 0 bridgehead atoms. The molecule has 9 heteroatoms. The van der Waals surface area contributed by atoms with Gasteiger partial charge in [0.1, 0.15) is 17.7 Å². The third-order valence-corrected chi connectivity index (χ3v) is 3.72. The molecular formula is C13H15N5O4. The van der Waals surface area contributed by atoms with Gasteiger partial charge in [-0.15, -0.1) is 6.42 Å². The summed E-state index contributed by atoms with van der Waals surface area (Å²) in [6.07, 6.45) is 3.41. The first kappa shape index (κ1) is 14.7. The summed E-state index contributed by atoms with van der Waals surface area (Å²) in [5.41, 5.74) is 4.23. The molecule has 1 saturated heterocycles. The number of nitrogens with zero attached hydrogens (tertiary/aromatic N) is 4. The van der Waals surface area contributed by atoms with E-state index in [2.05, 4.69) is 20.9 Å². The summed E-state index contributed by atoms with van der Waals surface area (Å²) in [6.45, 7) is 1.43. The van der Waals surface area contributed by atoms with Gasteiger partial charge in [0.25, 0.3) is 0 Å². The van der Waals surface area contributed by atoms with Gasteiger partial charge in [0.2, 0.25) is 5.95 Å². The van der Waals surface area contributed by atoms with Gasteiger partial charge in [0, 0.05) is 0 Å². The highest BCUT2D eigenvalue weighted by Gasteiger charge is 2.57. The fraction of sp³-hybridized carbons (Fsp3) is 0.462. The highest BCUT2D eigenvalue weighted by molar-refractivity contribution is 5.70. The highest BCUT2D eigenvalue weighted by Crippen LogP contribution is 2.40. The van der Waals surface area contributed by atoms with Crippen LogP contribution in [0.3, 0.4) is 0 Å². The fourth-order valence-corrected chi connectivity index (χ4v) is 2.55. The largest absolute Gasteiger partial charge is 0.391 e. The molecule has 22 heavy (non-hydrogen) atoms. The van der Waals surface area contributed by atoms with E-state index in [4.69, 9.17) is 16.9 Å².